The molecule has 0 spiro atoms. The van der Waals surface area contributed by atoms with Gasteiger partial charge in [0, 0.05) is 6.07 Å². The van der Waals surface area contributed by atoms with Crippen LogP contribution in [-0.4, -0.2) is 13.6 Å². The highest BCUT2D eigenvalue weighted by molar-refractivity contribution is 5.38. The highest BCUT2D eigenvalue weighted by atomic mass is 16.5. The van der Waals surface area contributed by atoms with Crippen molar-refractivity contribution in [3.05, 3.63) is 23.8 Å². The van der Waals surface area contributed by atoms with Crippen molar-refractivity contribution in [2.24, 2.45) is 0 Å². The van der Waals surface area contributed by atoms with Crippen molar-refractivity contribution in [1.82, 2.24) is 0 Å². The summed E-state index contributed by atoms with van der Waals surface area (Å²) in [5, 5.41) is 4.36. The molecule has 1 aromatic carbocycles. The van der Waals surface area contributed by atoms with Gasteiger partial charge in [0.05, 0.1) is 7.11 Å². The second-order valence-electron chi connectivity index (χ2n) is 2.13. The molecular formula is C8H10O2. The van der Waals surface area contributed by atoms with E-state index in [2.05, 4.69) is 5.11 Å². The van der Waals surface area contributed by atoms with Crippen LogP contribution in [0, 0.1) is 6.92 Å². The molecule has 0 aliphatic carbocycles. The lowest BCUT2D eigenvalue weighted by molar-refractivity contribution is 0.407. The zero-order valence-electron chi connectivity index (χ0n) is 7.05. The van der Waals surface area contributed by atoms with Crippen molar-refractivity contribution < 1.29 is 9.85 Å². The molecule has 1 aromatic rings. The van der Waals surface area contributed by atoms with E-state index in [0.29, 0.717) is 11.5 Å². The summed E-state index contributed by atoms with van der Waals surface area (Å²) in [7, 11) is 1.58. The number of ether oxygens (including phenoxy) is 1. The first kappa shape index (κ1) is 5.59. The highest BCUT2D eigenvalue weighted by Crippen LogP contribution is 2.21. The molecule has 0 amide bonds. The van der Waals surface area contributed by atoms with Crippen molar-refractivity contribution in [2.45, 2.75) is 6.92 Å². The molecule has 0 saturated heterocycles. The van der Waals surface area contributed by atoms with Crippen LogP contribution in [0.4, 0.5) is 0 Å². The van der Waals surface area contributed by atoms with Gasteiger partial charge in [0.25, 0.3) is 1.43 Å². The molecule has 0 heterocycles. The van der Waals surface area contributed by atoms with Crippen molar-refractivity contribution >= 4 is 0 Å². The van der Waals surface area contributed by atoms with Crippen LogP contribution in [0.3, 0.4) is 0 Å². The number of aromatic hydroxyl groups is 1. The number of methoxy groups -OCH3 is 1. The van der Waals surface area contributed by atoms with E-state index >= 15 is 0 Å². The van der Waals surface area contributed by atoms with E-state index in [0.717, 1.165) is 5.56 Å². The summed E-state index contributed by atoms with van der Waals surface area (Å²) in [6.07, 6.45) is 0. The maximum atomic E-state index is 6.70. The predicted molar refractivity (Wildman–Crippen MR) is 39.4 cm³/mol. The number of phenolic OH excluding ortho intramolecular Hbond substituents is 1. The summed E-state index contributed by atoms with van der Waals surface area (Å²) in [5.41, 5.74) is 0.931. The molecule has 0 saturated carbocycles. The molecule has 0 radical (unpaired) electrons. The normalized spacial score (nSPS) is 10.4. The van der Waals surface area contributed by atoms with E-state index < -0.39 is 0 Å². The molecular weight excluding hydrogens is 128 g/mol. The topological polar surface area (TPSA) is 29.5 Å². The van der Waals surface area contributed by atoms with E-state index in [9.17, 15) is 0 Å². The summed E-state index contributed by atoms with van der Waals surface area (Å²) in [6.45, 7) is 1.88. The number of rotatable bonds is 2. The fraction of sp³-hybridized carbons (Fsp3) is 0.250. The van der Waals surface area contributed by atoms with Gasteiger partial charge in [-0.25, -0.2) is 0 Å². The van der Waals surface area contributed by atoms with E-state index in [1.807, 2.05) is 19.1 Å². The van der Waals surface area contributed by atoms with Crippen LogP contribution in [-0.2, 0) is 0 Å². The van der Waals surface area contributed by atoms with Crippen LogP contribution in [0.25, 0.3) is 0 Å². The quantitative estimate of drug-likeness (QED) is 0.675. The van der Waals surface area contributed by atoms with Gasteiger partial charge in [-0.05, 0) is 18.6 Å². The van der Waals surface area contributed by atoms with E-state index in [-0.39, 0.29) is 0 Å². The molecule has 2 nitrogen and oxygen atoms in total. The average molecular weight is 139 g/mol. The first-order chi connectivity index (χ1) is 5.27. The van der Waals surface area contributed by atoms with Crippen molar-refractivity contribution in [2.75, 3.05) is 7.11 Å². The second kappa shape index (κ2) is 2.60. The fourth-order valence-electron chi connectivity index (χ4n) is 0.707. The van der Waals surface area contributed by atoms with Crippen LogP contribution in [0.1, 0.15) is 5.56 Å². The molecule has 0 atom stereocenters. The lowest BCUT2D eigenvalue weighted by atomic mass is 10.2. The van der Waals surface area contributed by atoms with Crippen molar-refractivity contribution in [1.29, 1.82) is 1.43 Å². The minimum atomic E-state index is 0.532. The summed E-state index contributed by atoms with van der Waals surface area (Å²) >= 11 is 0. The van der Waals surface area contributed by atoms with Gasteiger partial charge in [-0.15, -0.1) is 0 Å². The maximum absolute atomic E-state index is 6.70. The van der Waals surface area contributed by atoms with Crippen LogP contribution >= 0.6 is 0 Å². The van der Waals surface area contributed by atoms with Gasteiger partial charge in [0.15, 0.2) is 0 Å². The first-order valence-electron chi connectivity index (χ1n) is 3.46. The Balaban J connectivity index is 3.02. The Bertz CT molecular complexity index is 248. The van der Waals surface area contributed by atoms with Gasteiger partial charge >= 0.3 is 0 Å². The van der Waals surface area contributed by atoms with E-state index in [1.165, 1.54) is 0 Å². The minimum Gasteiger partial charge on any atom is -0.508 e. The second-order valence-corrected chi connectivity index (χ2v) is 2.13. The Morgan fingerprint density at radius 2 is 2.40 bits per heavy atom. The SMILES string of the molecule is [2H]Oc1cc(OC)ccc1C. The molecule has 1 N–H and O–H groups in total. The molecule has 2 heteroatoms. The largest absolute Gasteiger partial charge is 0.508 e. The highest BCUT2D eigenvalue weighted by Gasteiger charge is 1.95. The Kier molecular flexibility index (Phi) is 1.46. The smallest absolute Gasteiger partial charge is 0.293 e. The Hall–Kier alpha value is -1.18. The number of hydrogen-bond donors (Lipinski definition) is 1. The number of aryl methyl sites for hydroxylation is 1. The molecule has 0 aliphatic heterocycles. The Morgan fingerprint density at radius 1 is 1.60 bits per heavy atom. The molecule has 0 unspecified atom stereocenters. The minimum absolute atomic E-state index is 0.532. The molecule has 10 heavy (non-hydrogen) atoms. The fourth-order valence-corrected chi connectivity index (χ4v) is 0.707. The lowest BCUT2D eigenvalue weighted by Gasteiger charge is -2.01. The lowest BCUT2D eigenvalue weighted by Crippen LogP contribution is -1.82. The summed E-state index contributed by atoms with van der Waals surface area (Å²) in [5.74, 6) is 1.24. The van der Waals surface area contributed by atoms with Crippen LogP contribution in [0.2, 0.25) is 0 Å². The predicted octanol–water partition coefficient (Wildman–Crippen LogP) is 1.71. The molecule has 54 valence electrons. The summed E-state index contributed by atoms with van der Waals surface area (Å²) in [4.78, 5) is 0. The third-order valence-corrected chi connectivity index (χ3v) is 1.40. The molecule has 1 rings (SSSR count). The monoisotopic (exact) mass is 139 g/mol. The third kappa shape index (κ3) is 1.21. The summed E-state index contributed by atoms with van der Waals surface area (Å²) in [6, 6.07) is 5.36. The molecule has 0 fully saturated rings. The van der Waals surface area contributed by atoms with Crippen LogP contribution < -0.4 is 4.74 Å². The van der Waals surface area contributed by atoms with Gasteiger partial charge in [0.2, 0.25) is 0 Å². The number of phenols is 1. The van der Waals surface area contributed by atoms with Crippen molar-refractivity contribution in [3.8, 4) is 11.5 Å². The zero-order chi connectivity index (χ0) is 8.27. The van der Waals surface area contributed by atoms with Gasteiger partial charge in [-0.1, -0.05) is 6.07 Å². The Morgan fingerprint density at radius 3 is 3.00 bits per heavy atom. The van der Waals surface area contributed by atoms with Gasteiger partial charge in [0.1, 0.15) is 11.5 Å². The number of hydrogen-bond acceptors (Lipinski definition) is 2. The molecule has 0 aliphatic rings. The van der Waals surface area contributed by atoms with Crippen LogP contribution in [0.5, 0.6) is 11.5 Å². The molecule has 0 bridgehead atoms. The standard InChI is InChI=1S/C8H10O2/c1-6-3-4-7(10-2)5-8(6)9/h3-5,9H,1-2H3/i/hD. The van der Waals surface area contributed by atoms with Gasteiger partial charge < -0.3 is 9.85 Å². The maximum Gasteiger partial charge on any atom is 0.293 e. The third-order valence-electron chi connectivity index (χ3n) is 1.40. The molecule has 0 aromatic heterocycles. The van der Waals surface area contributed by atoms with Crippen LogP contribution in [0.15, 0.2) is 18.2 Å². The Labute approximate surface area is 61.6 Å². The average Bonchev–Trinajstić information content (AvgIpc) is 2.05. The summed E-state index contributed by atoms with van der Waals surface area (Å²) < 4.78 is 11.6. The van der Waals surface area contributed by atoms with E-state index in [1.54, 1.807) is 13.2 Å². The first-order valence-corrected chi connectivity index (χ1v) is 3.05. The van der Waals surface area contributed by atoms with Gasteiger partial charge in [-0.3, -0.25) is 0 Å². The van der Waals surface area contributed by atoms with E-state index in [4.69, 9.17) is 6.17 Å². The van der Waals surface area contributed by atoms with Gasteiger partial charge in [-0.2, -0.15) is 0 Å². The zero-order valence-corrected chi connectivity index (χ0v) is 6.05. The van der Waals surface area contributed by atoms with Crippen molar-refractivity contribution in [3.63, 3.8) is 0 Å². The number of benzene rings is 1.